The third-order valence-electron chi connectivity index (χ3n) is 1.61. The van der Waals surface area contributed by atoms with Crippen LogP contribution in [0.5, 0.6) is 0 Å². The van der Waals surface area contributed by atoms with Gasteiger partial charge in [0.05, 0.1) is 5.75 Å². The van der Waals surface area contributed by atoms with Crippen LogP contribution in [0, 0.1) is 0 Å². The van der Waals surface area contributed by atoms with E-state index in [0.717, 1.165) is 5.01 Å². The van der Waals surface area contributed by atoms with Crippen LogP contribution in [0.25, 0.3) is 0 Å². The summed E-state index contributed by atoms with van der Waals surface area (Å²) in [6.45, 7) is 0. The summed E-state index contributed by atoms with van der Waals surface area (Å²) in [7, 11) is 0. The predicted molar refractivity (Wildman–Crippen MR) is 57.3 cm³/mol. The van der Waals surface area contributed by atoms with Gasteiger partial charge in [0.2, 0.25) is 5.76 Å². The molecule has 0 saturated carbocycles. The molecular weight excluding hydrogens is 234 g/mol. The van der Waals surface area contributed by atoms with E-state index in [1.54, 1.807) is 23.6 Å². The van der Waals surface area contributed by atoms with Crippen molar-refractivity contribution >= 4 is 29.1 Å². The van der Waals surface area contributed by atoms with Crippen molar-refractivity contribution in [3.8, 4) is 0 Å². The summed E-state index contributed by atoms with van der Waals surface area (Å²) in [5.41, 5.74) is 0. The standard InChI is InChI=1S/C9H7NO3S2/c11-9(12)6-1-2-8(13-6)15-5-7-10-3-4-14-7/h1-4H,5H2,(H,11,12). The molecule has 0 aliphatic rings. The molecule has 6 heteroatoms. The topological polar surface area (TPSA) is 63.3 Å². The highest BCUT2D eigenvalue weighted by molar-refractivity contribution is 7.98. The van der Waals surface area contributed by atoms with Crippen LogP contribution in [0.1, 0.15) is 15.6 Å². The number of thiazole rings is 1. The number of nitrogens with zero attached hydrogens (tertiary/aromatic N) is 1. The first-order valence-electron chi connectivity index (χ1n) is 4.10. The molecule has 0 aromatic carbocycles. The number of aromatic carboxylic acids is 1. The van der Waals surface area contributed by atoms with Crippen LogP contribution in [0.2, 0.25) is 0 Å². The number of carbonyl (C=O) groups is 1. The summed E-state index contributed by atoms with van der Waals surface area (Å²) in [5.74, 6) is -0.378. The van der Waals surface area contributed by atoms with Crippen molar-refractivity contribution in [2.24, 2.45) is 0 Å². The first-order valence-corrected chi connectivity index (χ1v) is 5.96. The number of rotatable bonds is 4. The van der Waals surface area contributed by atoms with Crippen LogP contribution in [0.4, 0.5) is 0 Å². The number of hydrogen-bond acceptors (Lipinski definition) is 5. The minimum atomic E-state index is -1.05. The lowest BCUT2D eigenvalue weighted by Crippen LogP contribution is -1.91. The van der Waals surface area contributed by atoms with E-state index in [0.29, 0.717) is 10.8 Å². The van der Waals surface area contributed by atoms with Gasteiger partial charge in [0.25, 0.3) is 0 Å². The van der Waals surface area contributed by atoms with Crippen molar-refractivity contribution < 1.29 is 14.3 Å². The third kappa shape index (κ3) is 2.60. The van der Waals surface area contributed by atoms with Gasteiger partial charge in [-0.15, -0.1) is 11.3 Å². The van der Waals surface area contributed by atoms with Crippen molar-refractivity contribution in [1.82, 2.24) is 4.98 Å². The molecule has 0 amide bonds. The van der Waals surface area contributed by atoms with Gasteiger partial charge in [0, 0.05) is 11.6 Å². The van der Waals surface area contributed by atoms with Gasteiger partial charge in [-0.05, 0) is 12.1 Å². The molecule has 2 aromatic rings. The Morgan fingerprint density at radius 3 is 3.07 bits per heavy atom. The summed E-state index contributed by atoms with van der Waals surface area (Å²) in [6.07, 6.45) is 1.74. The second kappa shape index (κ2) is 4.50. The van der Waals surface area contributed by atoms with Gasteiger partial charge in [-0.25, -0.2) is 9.78 Å². The first-order chi connectivity index (χ1) is 7.25. The molecular formula is C9H7NO3S2. The zero-order valence-electron chi connectivity index (χ0n) is 7.54. The summed E-state index contributed by atoms with van der Waals surface area (Å²) >= 11 is 3.00. The molecule has 0 bridgehead atoms. The third-order valence-corrected chi connectivity index (χ3v) is 3.50. The van der Waals surface area contributed by atoms with Gasteiger partial charge in [-0.1, -0.05) is 11.8 Å². The molecule has 2 aromatic heterocycles. The van der Waals surface area contributed by atoms with Crippen LogP contribution in [0.3, 0.4) is 0 Å². The molecule has 15 heavy (non-hydrogen) atoms. The summed E-state index contributed by atoms with van der Waals surface area (Å²) in [5, 5.41) is 12.1. The Labute approximate surface area is 94.0 Å². The van der Waals surface area contributed by atoms with E-state index in [4.69, 9.17) is 9.52 Å². The van der Waals surface area contributed by atoms with Crippen LogP contribution >= 0.6 is 23.1 Å². The zero-order chi connectivity index (χ0) is 10.7. The van der Waals surface area contributed by atoms with Gasteiger partial charge in [-0.2, -0.15) is 0 Å². The number of thioether (sulfide) groups is 1. The Bertz CT molecular complexity index is 450. The van der Waals surface area contributed by atoms with Crippen molar-refractivity contribution in [2.45, 2.75) is 10.8 Å². The van der Waals surface area contributed by atoms with Crippen molar-refractivity contribution in [2.75, 3.05) is 0 Å². The van der Waals surface area contributed by atoms with Gasteiger partial charge in [0.15, 0.2) is 5.09 Å². The normalized spacial score (nSPS) is 10.4. The number of carboxylic acids is 1. The molecule has 2 heterocycles. The van der Waals surface area contributed by atoms with Gasteiger partial charge in [-0.3, -0.25) is 0 Å². The van der Waals surface area contributed by atoms with Gasteiger partial charge in [0.1, 0.15) is 5.01 Å². The van der Waals surface area contributed by atoms with E-state index in [2.05, 4.69) is 4.98 Å². The number of aromatic nitrogens is 1. The molecule has 0 unspecified atom stereocenters. The van der Waals surface area contributed by atoms with E-state index >= 15 is 0 Å². The molecule has 0 spiro atoms. The molecule has 0 aliphatic carbocycles. The highest BCUT2D eigenvalue weighted by atomic mass is 32.2. The van der Waals surface area contributed by atoms with E-state index in [1.807, 2.05) is 5.38 Å². The van der Waals surface area contributed by atoms with E-state index in [9.17, 15) is 4.79 Å². The molecule has 0 aliphatic heterocycles. The largest absolute Gasteiger partial charge is 0.475 e. The van der Waals surface area contributed by atoms with Crippen molar-refractivity contribution in [3.05, 3.63) is 34.5 Å². The highest BCUT2D eigenvalue weighted by Gasteiger charge is 2.09. The lowest BCUT2D eigenvalue weighted by atomic mass is 10.5. The molecule has 0 atom stereocenters. The van der Waals surface area contributed by atoms with Gasteiger partial charge < -0.3 is 9.52 Å². The van der Waals surface area contributed by atoms with Crippen molar-refractivity contribution in [1.29, 1.82) is 0 Å². The maximum absolute atomic E-state index is 10.5. The predicted octanol–water partition coefficient (Wildman–Crippen LogP) is 2.73. The highest BCUT2D eigenvalue weighted by Crippen LogP contribution is 2.25. The monoisotopic (exact) mass is 241 g/mol. The summed E-state index contributed by atoms with van der Waals surface area (Å²) in [6, 6.07) is 3.11. The number of carboxylic acid groups (broad SMARTS) is 1. The van der Waals surface area contributed by atoms with E-state index in [-0.39, 0.29) is 5.76 Å². The van der Waals surface area contributed by atoms with Crippen molar-refractivity contribution in [3.63, 3.8) is 0 Å². The fourth-order valence-corrected chi connectivity index (χ4v) is 2.47. The Morgan fingerprint density at radius 2 is 2.47 bits per heavy atom. The summed E-state index contributed by atoms with van der Waals surface area (Å²) < 4.78 is 5.08. The maximum Gasteiger partial charge on any atom is 0.371 e. The molecule has 4 nitrogen and oxygen atoms in total. The van der Waals surface area contributed by atoms with E-state index in [1.165, 1.54) is 17.8 Å². The Hall–Kier alpha value is -1.27. The molecule has 0 radical (unpaired) electrons. The molecule has 0 saturated heterocycles. The molecule has 0 fully saturated rings. The first kappa shape index (κ1) is 10.3. The van der Waals surface area contributed by atoms with Crippen LogP contribution in [-0.4, -0.2) is 16.1 Å². The second-order valence-corrected chi connectivity index (χ2v) is 4.60. The fraction of sp³-hybridized carbons (Fsp3) is 0.111. The van der Waals surface area contributed by atoms with E-state index < -0.39 is 5.97 Å². The minimum absolute atomic E-state index is 0.0309. The molecule has 2 rings (SSSR count). The minimum Gasteiger partial charge on any atom is -0.475 e. The lowest BCUT2D eigenvalue weighted by Gasteiger charge is -1.92. The number of furan rings is 1. The molecule has 78 valence electrons. The quantitative estimate of drug-likeness (QED) is 0.834. The Kier molecular flexibility index (Phi) is 3.08. The van der Waals surface area contributed by atoms with Crippen LogP contribution in [0.15, 0.2) is 33.2 Å². The smallest absolute Gasteiger partial charge is 0.371 e. The van der Waals surface area contributed by atoms with Gasteiger partial charge >= 0.3 is 5.97 Å². The Morgan fingerprint density at radius 1 is 1.60 bits per heavy atom. The fourth-order valence-electron chi connectivity index (χ4n) is 0.970. The average Bonchev–Trinajstić information content (AvgIpc) is 2.86. The maximum atomic E-state index is 10.5. The SMILES string of the molecule is O=C(O)c1ccc(SCc2nccs2)o1. The van der Waals surface area contributed by atoms with Crippen LogP contribution < -0.4 is 0 Å². The van der Waals surface area contributed by atoms with Crippen LogP contribution in [-0.2, 0) is 5.75 Å². The Balaban J connectivity index is 1.96. The average molecular weight is 241 g/mol. The second-order valence-electron chi connectivity index (χ2n) is 2.64. The molecule has 1 N–H and O–H groups in total. The lowest BCUT2D eigenvalue weighted by molar-refractivity contribution is 0.0656. The zero-order valence-corrected chi connectivity index (χ0v) is 9.18. The summed E-state index contributed by atoms with van der Waals surface area (Å²) in [4.78, 5) is 14.6. The number of hydrogen-bond donors (Lipinski definition) is 1.